The molecular formula is C21H24N2O2. The molecule has 0 aliphatic carbocycles. The molecule has 2 aromatic carbocycles. The Morgan fingerprint density at radius 2 is 1.88 bits per heavy atom. The van der Waals surface area contributed by atoms with Crippen molar-refractivity contribution in [3.8, 4) is 0 Å². The highest BCUT2D eigenvalue weighted by molar-refractivity contribution is 6.01. The van der Waals surface area contributed by atoms with Crippen molar-refractivity contribution in [2.75, 3.05) is 13.6 Å². The average Bonchev–Trinajstić information content (AvgIpc) is 3.09. The largest absolute Gasteiger partial charge is 0.391 e. The lowest BCUT2D eigenvalue weighted by Crippen LogP contribution is -2.31. The van der Waals surface area contributed by atoms with Crippen LogP contribution in [-0.2, 0) is 16.1 Å². The smallest absolute Gasteiger partial charge is 0.226 e. The maximum atomic E-state index is 12.4. The number of nitrogens with zero attached hydrogens (tertiary/aromatic N) is 2. The number of carbonyl (C=O) groups is 1. The van der Waals surface area contributed by atoms with Gasteiger partial charge in [0.05, 0.1) is 12.1 Å². The Morgan fingerprint density at radius 1 is 1.16 bits per heavy atom. The SMILES string of the molecule is Cc1ccc(C2=NOC(CC(=O)N(C)CCc3ccccc3)C2)cc1. The van der Waals surface area contributed by atoms with Gasteiger partial charge in [0, 0.05) is 20.0 Å². The Labute approximate surface area is 149 Å². The van der Waals surface area contributed by atoms with Gasteiger partial charge in [-0.15, -0.1) is 0 Å². The molecule has 0 fully saturated rings. The number of carbonyl (C=O) groups excluding carboxylic acids is 1. The van der Waals surface area contributed by atoms with E-state index in [1.165, 1.54) is 11.1 Å². The molecule has 0 N–H and O–H groups in total. The lowest BCUT2D eigenvalue weighted by Gasteiger charge is -2.18. The molecule has 0 aromatic heterocycles. The molecule has 3 rings (SSSR count). The van der Waals surface area contributed by atoms with Gasteiger partial charge in [0.2, 0.25) is 5.91 Å². The summed E-state index contributed by atoms with van der Waals surface area (Å²) in [5.74, 6) is 0.0984. The van der Waals surface area contributed by atoms with Crippen molar-refractivity contribution < 1.29 is 9.63 Å². The Hall–Kier alpha value is -2.62. The van der Waals surface area contributed by atoms with E-state index < -0.39 is 0 Å². The van der Waals surface area contributed by atoms with E-state index in [9.17, 15) is 4.79 Å². The quantitative estimate of drug-likeness (QED) is 0.809. The zero-order chi connectivity index (χ0) is 17.6. The predicted molar refractivity (Wildman–Crippen MR) is 99.6 cm³/mol. The van der Waals surface area contributed by atoms with Crippen molar-refractivity contribution in [2.45, 2.75) is 32.3 Å². The van der Waals surface area contributed by atoms with Crippen molar-refractivity contribution in [3.05, 3.63) is 71.3 Å². The van der Waals surface area contributed by atoms with Crippen LogP contribution in [0.1, 0.15) is 29.5 Å². The van der Waals surface area contributed by atoms with Crippen molar-refractivity contribution >= 4 is 11.6 Å². The molecule has 0 spiro atoms. The molecule has 25 heavy (non-hydrogen) atoms. The van der Waals surface area contributed by atoms with Crippen LogP contribution in [0.25, 0.3) is 0 Å². The molecule has 1 aliphatic heterocycles. The summed E-state index contributed by atoms with van der Waals surface area (Å²) in [6.07, 6.45) is 1.74. The fourth-order valence-electron chi connectivity index (χ4n) is 2.87. The second-order valence-electron chi connectivity index (χ2n) is 6.59. The normalized spacial score (nSPS) is 16.2. The Bertz CT molecular complexity index is 738. The number of hydrogen-bond donors (Lipinski definition) is 0. The minimum absolute atomic E-state index is 0.0984. The highest BCUT2D eigenvalue weighted by Gasteiger charge is 2.25. The lowest BCUT2D eigenvalue weighted by atomic mass is 10.0. The van der Waals surface area contributed by atoms with Crippen LogP contribution in [0.15, 0.2) is 59.8 Å². The third-order valence-electron chi connectivity index (χ3n) is 4.52. The van der Waals surface area contributed by atoms with Crippen LogP contribution in [0.4, 0.5) is 0 Å². The summed E-state index contributed by atoms with van der Waals surface area (Å²) in [4.78, 5) is 19.7. The van der Waals surface area contributed by atoms with E-state index in [0.29, 0.717) is 19.4 Å². The summed E-state index contributed by atoms with van der Waals surface area (Å²) in [5.41, 5.74) is 4.45. The molecule has 1 heterocycles. The maximum Gasteiger partial charge on any atom is 0.226 e. The number of oxime groups is 1. The third kappa shape index (κ3) is 4.69. The molecule has 2 aromatic rings. The molecule has 4 heteroatoms. The van der Waals surface area contributed by atoms with Crippen LogP contribution in [0.5, 0.6) is 0 Å². The molecule has 0 saturated heterocycles. The maximum absolute atomic E-state index is 12.4. The molecule has 1 atom stereocenters. The summed E-state index contributed by atoms with van der Waals surface area (Å²) in [7, 11) is 1.85. The van der Waals surface area contributed by atoms with Gasteiger partial charge in [-0.1, -0.05) is 65.3 Å². The van der Waals surface area contributed by atoms with Gasteiger partial charge >= 0.3 is 0 Å². The van der Waals surface area contributed by atoms with Gasteiger partial charge in [-0.3, -0.25) is 4.79 Å². The minimum Gasteiger partial charge on any atom is -0.391 e. The summed E-state index contributed by atoms with van der Waals surface area (Å²) < 4.78 is 0. The first-order chi connectivity index (χ1) is 12.1. The van der Waals surface area contributed by atoms with Gasteiger partial charge < -0.3 is 9.74 Å². The topological polar surface area (TPSA) is 41.9 Å². The van der Waals surface area contributed by atoms with Gasteiger partial charge in [0.15, 0.2) is 0 Å². The van der Waals surface area contributed by atoms with Crippen molar-refractivity contribution in [1.82, 2.24) is 4.90 Å². The van der Waals surface area contributed by atoms with Crippen molar-refractivity contribution in [3.63, 3.8) is 0 Å². The first-order valence-corrected chi connectivity index (χ1v) is 8.69. The van der Waals surface area contributed by atoms with Gasteiger partial charge in [-0.25, -0.2) is 0 Å². The number of aryl methyl sites for hydroxylation is 1. The molecule has 130 valence electrons. The predicted octanol–water partition coefficient (Wildman–Crippen LogP) is 3.58. The molecular weight excluding hydrogens is 312 g/mol. The monoisotopic (exact) mass is 336 g/mol. The van der Waals surface area contributed by atoms with Crippen LogP contribution >= 0.6 is 0 Å². The van der Waals surface area contributed by atoms with Crippen LogP contribution in [0, 0.1) is 6.92 Å². The number of hydrogen-bond acceptors (Lipinski definition) is 3. The summed E-state index contributed by atoms with van der Waals surface area (Å²) >= 11 is 0. The van der Waals surface area contributed by atoms with E-state index in [-0.39, 0.29) is 12.0 Å². The highest BCUT2D eigenvalue weighted by atomic mass is 16.6. The molecule has 0 bridgehead atoms. The molecule has 1 unspecified atom stereocenters. The standard InChI is InChI=1S/C21H24N2O2/c1-16-8-10-18(11-9-16)20-14-19(25-22-20)15-21(24)23(2)13-12-17-6-4-3-5-7-17/h3-11,19H,12-15H2,1-2H3. The van der Waals surface area contributed by atoms with E-state index in [4.69, 9.17) is 4.84 Å². The number of benzene rings is 2. The van der Waals surface area contributed by atoms with E-state index in [0.717, 1.165) is 17.7 Å². The Morgan fingerprint density at radius 3 is 2.60 bits per heavy atom. The van der Waals surface area contributed by atoms with Crippen molar-refractivity contribution in [2.24, 2.45) is 5.16 Å². The highest BCUT2D eigenvalue weighted by Crippen LogP contribution is 2.20. The van der Waals surface area contributed by atoms with Crippen LogP contribution in [-0.4, -0.2) is 36.2 Å². The average molecular weight is 336 g/mol. The molecule has 0 radical (unpaired) electrons. The third-order valence-corrected chi connectivity index (χ3v) is 4.52. The van der Waals surface area contributed by atoms with Crippen LogP contribution in [0.2, 0.25) is 0 Å². The summed E-state index contributed by atoms with van der Waals surface area (Å²) in [6.45, 7) is 2.77. The second kappa shape index (κ2) is 7.97. The van der Waals surface area contributed by atoms with E-state index in [1.807, 2.05) is 37.4 Å². The fourth-order valence-corrected chi connectivity index (χ4v) is 2.87. The Kier molecular flexibility index (Phi) is 5.49. The van der Waals surface area contributed by atoms with Gasteiger partial charge in [0.1, 0.15) is 6.10 Å². The van der Waals surface area contributed by atoms with Gasteiger partial charge in [-0.2, -0.15) is 0 Å². The van der Waals surface area contributed by atoms with Gasteiger partial charge in [-0.05, 0) is 24.5 Å². The molecule has 1 amide bonds. The van der Waals surface area contributed by atoms with Crippen LogP contribution in [0.3, 0.4) is 0 Å². The van der Waals surface area contributed by atoms with E-state index in [1.54, 1.807) is 4.90 Å². The van der Waals surface area contributed by atoms with Crippen molar-refractivity contribution in [1.29, 1.82) is 0 Å². The number of likely N-dealkylation sites (N-methyl/N-ethyl adjacent to an activating group) is 1. The first kappa shape index (κ1) is 17.2. The zero-order valence-corrected chi connectivity index (χ0v) is 14.8. The number of rotatable bonds is 6. The van der Waals surface area contributed by atoms with Gasteiger partial charge in [0.25, 0.3) is 0 Å². The summed E-state index contributed by atoms with van der Waals surface area (Å²) in [6, 6.07) is 18.4. The van der Waals surface area contributed by atoms with Crippen LogP contribution < -0.4 is 0 Å². The lowest BCUT2D eigenvalue weighted by molar-refractivity contribution is -0.132. The van der Waals surface area contributed by atoms with E-state index >= 15 is 0 Å². The molecule has 0 saturated carbocycles. The summed E-state index contributed by atoms with van der Waals surface area (Å²) in [5, 5.41) is 4.17. The second-order valence-corrected chi connectivity index (χ2v) is 6.59. The molecule has 1 aliphatic rings. The number of amides is 1. The first-order valence-electron chi connectivity index (χ1n) is 8.69. The van der Waals surface area contributed by atoms with E-state index in [2.05, 4.69) is 36.3 Å². The molecule has 4 nitrogen and oxygen atoms in total. The fraction of sp³-hybridized carbons (Fsp3) is 0.333. The minimum atomic E-state index is -0.164. The Balaban J connectivity index is 1.46. The zero-order valence-electron chi connectivity index (χ0n) is 14.8.